The van der Waals surface area contributed by atoms with Gasteiger partial charge in [0.25, 0.3) is 0 Å². The molecule has 3 N–H and O–H groups in total. The van der Waals surface area contributed by atoms with Crippen LogP contribution in [0.25, 0.3) is 0 Å². The van der Waals surface area contributed by atoms with Crippen molar-refractivity contribution in [1.82, 2.24) is 0 Å². The molecule has 3 rings (SSSR count). The molecule has 1 aliphatic heterocycles. The number of nitrogens with two attached hydrogens (primary N) is 1. The summed E-state index contributed by atoms with van der Waals surface area (Å²) in [6, 6.07) is 11.4. The van der Waals surface area contributed by atoms with Crippen LogP contribution < -0.4 is 15.8 Å². The van der Waals surface area contributed by atoms with Crippen LogP contribution in [-0.2, 0) is 0 Å². The van der Waals surface area contributed by atoms with E-state index in [0.717, 1.165) is 27.3 Å². The average Bonchev–Trinajstić information content (AvgIpc) is 2.27. The van der Waals surface area contributed by atoms with Crippen molar-refractivity contribution in [3.05, 3.63) is 40.9 Å². The molecule has 2 aromatic rings. The molecule has 4 heteroatoms. The largest absolute Gasteiger partial charge is 0.453 e. The van der Waals surface area contributed by atoms with Crippen molar-refractivity contribution in [2.75, 3.05) is 11.1 Å². The number of rotatable bonds is 0. The minimum atomic E-state index is 0.686. The van der Waals surface area contributed by atoms with E-state index >= 15 is 0 Å². The van der Waals surface area contributed by atoms with Gasteiger partial charge in [-0.3, -0.25) is 0 Å². The molecule has 0 atom stereocenters. The first-order chi connectivity index (χ1) is 7.74. The van der Waals surface area contributed by atoms with E-state index in [1.54, 1.807) is 0 Å². The maximum absolute atomic E-state index is 5.88. The number of anilines is 3. The second kappa shape index (κ2) is 3.42. The van der Waals surface area contributed by atoms with Gasteiger partial charge < -0.3 is 15.8 Å². The zero-order valence-electron chi connectivity index (χ0n) is 8.33. The number of fused-ring (bicyclic) bond motifs is 2. The second-order valence-corrected chi connectivity index (χ2v) is 4.50. The fraction of sp³-hybridized carbons (Fsp3) is 0. The van der Waals surface area contributed by atoms with Gasteiger partial charge in [-0.15, -0.1) is 0 Å². The van der Waals surface area contributed by atoms with Gasteiger partial charge in [-0.25, -0.2) is 0 Å². The van der Waals surface area contributed by atoms with Crippen LogP contribution in [0.3, 0.4) is 0 Å². The predicted molar refractivity (Wildman–Crippen MR) is 68.4 cm³/mol. The molecule has 0 fully saturated rings. The molecule has 0 saturated carbocycles. The number of nitrogens with one attached hydrogen (secondary N) is 1. The van der Waals surface area contributed by atoms with Crippen LogP contribution in [0.15, 0.2) is 40.9 Å². The van der Waals surface area contributed by atoms with Gasteiger partial charge in [0.2, 0.25) is 0 Å². The molecule has 16 heavy (non-hydrogen) atoms. The number of hydrogen-bond acceptors (Lipinski definition) is 3. The third-order valence-corrected chi connectivity index (χ3v) is 2.97. The van der Waals surface area contributed by atoms with E-state index < -0.39 is 0 Å². The number of ether oxygens (including phenoxy) is 1. The van der Waals surface area contributed by atoms with Crippen molar-refractivity contribution < 1.29 is 4.74 Å². The van der Waals surface area contributed by atoms with E-state index in [1.807, 2.05) is 36.4 Å². The molecule has 0 aromatic heterocycles. The van der Waals surface area contributed by atoms with Crippen LogP contribution in [0.4, 0.5) is 17.1 Å². The molecule has 2 aromatic carbocycles. The number of para-hydroxylation sites is 1. The quantitative estimate of drug-likeness (QED) is 0.613. The lowest BCUT2D eigenvalue weighted by atomic mass is 10.2. The molecule has 0 spiro atoms. The van der Waals surface area contributed by atoms with Crippen molar-refractivity contribution in [1.29, 1.82) is 0 Å². The van der Waals surface area contributed by atoms with Crippen LogP contribution in [0.1, 0.15) is 0 Å². The van der Waals surface area contributed by atoms with Crippen LogP contribution in [0.5, 0.6) is 11.5 Å². The van der Waals surface area contributed by atoms with E-state index in [-0.39, 0.29) is 0 Å². The summed E-state index contributed by atoms with van der Waals surface area (Å²) >= 11 is 3.41. The maximum Gasteiger partial charge on any atom is 0.153 e. The van der Waals surface area contributed by atoms with E-state index in [2.05, 4.69) is 21.2 Å². The summed E-state index contributed by atoms with van der Waals surface area (Å²) in [6.45, 7) is 0. The molecule has 0 radical (unpaired) electrons. The minimum absolute atomic E-state index is 0.686. The summed E-state index contributed by atoms with van der Waals surface area (Å²) < 4.78 is 6.75. The molecule has 1 aliphatic rings. The molecule has 1 heterocycles. The number of hydrogen-bond donors (Lipinski definition) is 2. The summed E-state index contributed by atoms with van der Waals surface area (Å²) in [7, 11) is 0. The summed E-state index contributed by atoms with van der Waals surface area (Å²) in [5, 5.41) is 3.27. The molecule has 3 nitrogen and oxygen atoms in total. The van der Waals surface area contributed by atoms with E-state index in [4.69, 9.17) is 10.5 Å². The number of benzene rings is 2. The Bertz CT molecular complexity index is 569. The third-order valence-electron chi connectivity index (χ3n) is 2.48. The van der Waals surface area contributed by atoms with Gasteiger partial charge in [-0.2, -0.15) is 0 Å². The normalized spacial score (nSPS) is 12.1. The average molecular weight is 277 g/mol. The first-order valence-corrected chi connectivity index (χ1v) is 5.66. The number of nitrogen functional groups attached to an aromatic ring is 1. The SMILES string of the molecule is Nc1cccc2c1Nc1ccc(Br)cc1O2. The first-order valence-electron chi connectivity index (χ1n) is 4.87. The lowest BCUT2D eigenvalue weighted by molar-refractivity contribution is 0.481. The maximum atomic E-state index is 5.88. The van der Waals surface area contributed by atoms with Crippen LogP contribution >= 0.6 is 15.9 Å². The van der Waals surface area contributed by atoms with Crippen molar-refractivity contribution in [2.24, 2.45) is 0 Å². The molecule has 0 aliphatic carbocycles. The Balaban J connectivity index is 2.13. The number of halogens is 1. The van der Waals surface area contributed by atoms with Gasteiger partial charge in [-0.1, -0.05) is 22.0 Å². The lowest BCUT2D eigenvalue weighted by Crippen LogP contribution is -2.05. The Labute approximate surface area is 101 Å². The van der Waals surface area contributed by atoms with Gasteiger partial charge in [0.05, 0.1) is 11.4 Å². The molecule has 0 unspecified atom stereocenters. The fourth-order valence-electron chi connectivity index (χ4n) is 1.70. The van der Waals surface area contributed by atoms with Gasteiger partial charge in [0.15, 0.2) is 11.5 Å². The molecule has 0 amide bonds. The topological polar surface area (TPSA) is 47.3 Å². The molecular formula is C12H9BrN2O. The summed E-state index contributed by atoms with van der Waals surface area (Å²) in [6.07, 6.45) is 0. The van der Waals surface area contributed by atoms with E-state index in [1.165, 1.54) is 0 Å². The Morgan fingerprint density at radius 2 is 2.00 bits per heavy atom. The van der Waals surface area contributed by atoms with Crippen molar-refractivity contribution >= 4 is 33.0 Å². The monoisotopic (exact) mass is 276 g/mol. The van der Waals surface area contributed by atoms with Crippen LogP contribution in [0.2, 0.25) is 0 Å². The molecule has 0 saturated heterocycles. The summed E-state index contributed by atoms with van der Waals surface area (Å²) in [5.41, 5.74) is 8.32. The van der Waals surface area contributed by atoms with Crippen LogP contribution in [-0.4, -0.2) is 0 Å². The van der Waals surface area contributed by atoms with Gasteiger partial charge >= 0.3 is 0 Å². The van der Waals surface area contributed by atoms with Crippen LogP contribution in [0, 0.1) is 0 Å². The third kappa shape index (κ3) is 1.42. The zero-order valence-corrected chi connectivity index (χ0v) is 9.91. The summed E-state index contributed by atoms with van der Waals surface area (Å²) in [4.78, 5) is 0. The highest BCUT2D eigenvalue weighted by molar-refractivity contribution is 9.10. The van der Waals surface area contributed by atoms with Gasteiger partial charge in [0, 0.05) is 4.47 Å². The highest BCUT2D eigenvalue weighted by Crippen LogP contribution is 2.45. The fourth-order valence-corrected chi connectivity index (χ4v) is 2.04. The minimum Gasteiger partial charge on any atom is -0.453 e. The molecule has 80 valence electrons. The van der Waals surface area contributed by atoms with E-state index in [9.17, 15) is 0 Å². The van der Waals surface area contributed by atoms with E-state index in [0.29, 0.717) is 5.69 Å². The Kier molecular flexibility index (Phi) is 2.04. The Hall–Kier alpha value is -1.68. The standard InChI is InChI=1S/C12H9BrN2O/c13-7-4-5-9-11(6-7)16-10-3-1-2-8(14)12(10)15-9/h1-6,15H,14H2. The van der Waals surface area contributed by atoms with Gasteiger partial charge in [-0.05, 0) is 30.3 Å². The predicted octanol–water partition coefficient (Wildman–Crippen LogP) is 3.88. The first kappa shape index (κ1) is 9.54. The highest BCUT2D eigenvalue weighted by atomic mass is 79.9. The highest BCUT2D eigenvalue weighted by Gasteiger charge is 2.17. The van der Waals surface area contributed by atoms with Crippen molar-refractivity contribution in [2.45, 2.75) is 0 Å². The van der Waals surface area contributed by atoms with Gasteiger partial charge in [0.1, 0.15) is 5.69 Å². The summed E-state index contributed by atoms with van der Waals surface area (Å²) in [5.74, 6) is 1.55. The lowest BCUT2D eigenvalue weighted by Gasteiger charge is -2.22. The molecule has 0 bridgehead atoms. The van der Waals surface area contributed by atoms with Crippen molar-refractivity contribution in [3.63, 3.8) is 0 Å². The Morgan fingerprint density at radius 1 is 1.12 bits per heavy atom. The zero-order chi connectivity index (χ0) is 11.1. The smallest absolute Gasteiger partial charge is 0.153 e. The second-order valence-electron chi connectivity index (χ2n) is 3.59. The molecular weight excluding hydrogens is 268 g/mol. The Morgan fingerprint density at radius 3 is 2.88 bits per heavy atom. The van der Waals surface area contributed by atoms with Crippen molar-refractivity contribution in [3.8, 4) is 11.5 Å².